The van der Waals surface area contributed by atoms with Gasteiger partial charge in [0.05, 0.1) is 16.4 Å². The van der Waals surface area contributed by atoms with E-state index in [2.05, 4.69) is 0 Å². The number of thiophene rings is 1. The van der Waals surface area contributed by atoms with E-state index in [9.17, 15) is 9.90 Å². The van der Waals surface area contributed by atoms with E-state index in [0.717, 1.165) is 4.88 Å². The van der Waals surface area contributed by atoms with Gasteiger partial charge in [0.15, 0.2) is 0 Å². The third-order valence-corrected chi connectivity index (χ3v) is 4.01. The molecule has 6 heteroatoms. The van der Waals surface area contributed by atoms with Crippen LogP contribution in [0.25, 0.3) is 0 Å². The van der Waals surface area contributed by atoms with Crippen molar-refractivity contribution >= 4 is 40.4 Å². The van der Waals surface area contributed by atoms with Crippen LogP contribution in [0.5, 0.6) is 5.75 Å². The molecule has 0 aliphatic heterocycles. The van der Waals surface area contributed by atoms with Gasteiger partial charge in [0.1, 0.15) is 5.75 Å². The first-order chi connectivity index (χ1) is 8.97. The Bertz CT molecular complexity index is 612. The maximum absolute atomic E-state index is 12.2. The lowest BCUT2D eigenvalue weighted by atomic mass is 10.2. The Morgan fingerprint density at radius 1 is 1.32 bits per heavy atom. The van der Waals surface area contributed by atoms with Gasteiger partial charge in [0.25, 0.3) is 5.91 Å². The van der Waals surface area contributed by atoms with Gasteiger partial charge in [0, 0.05) is 16.9 Å². The van der Waals surface area contributed by atoms with Gasteiger partial charge in [-0.05, 0) is 30.3 Å². The Labute approximate surface area is 125 Å². The van der Waals surface area contributed by atoms with E-state index in [4.69, 9.17) is 23.2 Å². The fourth-order valence-electron chi connectivity index (χ4n) is 1.63. The Hall–Kier alpha value is -1.23. The molecule has 1 heterocycles. The number of carbonyl (C=O) groups excluding carboxylic acids is 1. The number of phenols is 1. The van der Waals surface area contributed by atoms with Gasteiger partial charge in [-0.15, -0.1) is 11.3 Å². The summed E-state index contributed by atoms with van der Waals surface area (Å²) in [5.41, 5.74) is 0.192. The van der Waals surface area contributed by atoms with Crippen LogP contribution in [0, 0.1) is 0 Å². The molecule has 0 aliphatic rings. The third-order valence-electron chi connectivity index (χ3n) is 2.56. The number of hydrogen-bond donors (Lipinski definition) is 1. The molecular weight excluding hydrogens is 305 g/mol. The van der Waals surface area contributed by atoms with Gasteiger partial charge >= 0.3 is 0 Å². The van der Waals surface area contributed by atoms with Gasteiger partial charge in [-0.2, -0.15) is 0 Å². The summed E-state index contributed by atoms with van der Waals surface area (Å²) in [4.78, 5) is 14.7. The van der Waals surface area contributed by atoms with Crippen molar-refractivity contribution < 1.29 is 9.90 Å². The summed E-state index contributed by atoms with van der Waals surface area (Å²) in [6.45, 7) is 0.433. The van der Waals surface area contributed by atoms with Crippen LogP contribution in [0.3, 0.4) is 0 Å². The van der Waals surface area contributed by atoms with Gasteiger partial charge in [-0.25, -0.2) is 0 Å². The van der Waals surface area contributed by atoms with Crippen molar-refractivity contribution in [3.63, 3.8) is 0 Å². The van der Waals surface area contributed by atoms with E-state index in [1.807, 2.05) is 6.07 Å². The average Bonchev–Trinajstić information content (AvgIpc) is 2.77. The standard InChI is InChI=1S/C13H11Cl2NO2S/c1-16(7-9-3-5-12(15)19-9)13(18)10-6-8(14)2-4-11(10)17/h2-6,17H,7H2,1H3. The predicted molar refractivity (Wildman–Crippen MR) is 78.2 cm³/mol. The number of rotatable bonds is 3. The Kier molecular flexibility index (Phi) is 4.34. The van der Waals surface area contributed by atoms with E-state index in [1.165, 1.54) is 34.4 Å². The second-order valence-electron chi connectivity index (χ2n) is 4.03. The molecule has 1 N–H and O–H groups in total. The number of halogens is 2. The summed E-state index contributed by atoms with van der Waals surface area (Å²) in [5, 5.41) is 10.1. The van der Waals surface area contributed by atoms with Crippen molar-refractivity contribution in [3.05, 3.63) is 50.1 Å². The molecule has 0 saturated heterocycles. The molecular formula is C13H11Cl2NO2S. The van der Waals surface area contributed by atoms with Crippen LogP contribution in [0.1, 0.15) is 15.2 Å². The second kappa shape index (κ2) is 5.82. The van der Waals surface area contributed by atoms with Crippen molar-refractivity contribution in [2.45, 2.75) is 6.54 Å². The molecule has 0 saturated carbocycles. The van der Waals surface area contributed by atoms with E-state index in [-0.39, 0.29) is 17.2 Å². The number of carbonyl (C=O) groups is 1. The van der Waals surface area contributed by atoms with Crippen LogP contribution in [0.4, 0.5) is 0 Å². The maximum Gasteiger partial charge on any atom is 0.257 e. The van der Waals surface area contributed by atoms with Gasteiger partial charge in [-0.1, -0.05) is 23.2 Å². The first-order valence-electron chi connectivity index (χ1n) is 5.45. The highest BCUT2D eigenvalue weighted by atomic mass is 35.5. The fraction of sp³-hybridized carbons (Fsp3) is 0.154. The summed E-state index contributed by atoms with van der Waals surface area (Å²) in [6, 6.07) is 8.06. The van der Waals surface area contributed by atoms with Crippen molar-refractivity contribution in [2.75, 3.05) is 7.05 Å². The Morgan fingerprint density at radius 3 is 2.68 bits per heavy atom. The monoisotopic (exact) mass is 315 g/mol. The lowest BCUT2D eigenvalue weighted by Crippen LogP contribution is -2.25. The average molecular weight is 316 g/mol. The second-order valence-corrected chi connectivity index (χ2v) is 6.26. The highest BCUT2D eigenvalue weighted by Gasteiger charge is 2.17. The summed E-state index contributed by atoms with van der Waals surface area (Å²) in [7, 11) is 1.66. The van der Waals surface area contributed by atoms with Crippen molar-refractivity contribution in [2.24, 2.45) is 0 Å². The molecule has 1 aromatic heterocycles. The quantitative estimate of drug-likeness (QED) is 0.928. The first-order valence-corrected chi connectivity index (χ1v) is 7.03. The number of aromatic hydroxyl groups is 1. The minimum Gasteiger partial charge on any atom is -0.507 e. The first kappa shape index (κ1) is 14.2. The molecule has 0 unspecified atom stereocenters. The summed E-state index contributed by atoms with van der Waals surface area (Å²) in [5.74, 6) is -0.366. The molecule has 0 radical (unpaired) electrons. The van der Waals surface area contributed by atoms with Crippen molar-refractivity contribution in [1.29, 1.82) is 0 Å². The van der Waals surface area contributed by atoms with Gasteiger partial charge < -0.3 is 10.0 Å². The molecule has 0 fully saturated rings. The van der Waals surface area contributed by atoms with Crippen LogP contribution >= 0.6 is 34.5 Å². The van der Waals surface area contributed by atoms with Gasteiger partial charge in [0.2, 0.25) is 0 Å². The lowest BCUT2D eigenvalue weighted by molar-refractivity contribution is 0.0783. The highest BCUT2D eigenvalue weighted by molar-refractivity contribution is 7.16. The zero-order valence-corrected chi connectivity index (χ0v) is 12.4. The number of hydrogen-bond acceptors (Lipinski definition) is 3. The van der Waals surface area contributed by atoms with Crippen LogP contribution < -0.4 is 0 Å². The number of amides is 1. The van der Waals surface area contributed by atoms with Gasteiger partial charge in [-0.3, -0.25) is 4.79 Å². The smallest absolute Gasteiger partial charge is 0.257 e. The predicted octanol–water partition coefficient (Wildman–Crippen LogP) is 4.03. The largest absolute Gasteiger partial charge is 0.507 e. The molecule has 1 aromatic carbocycles. The molecule has 3 nitrogen and oxygen atoms in total. The van der Waals surface area contributed by atoms with Crippen LogP contribution in [-0.4, -0.2) is 23.0 Å². The molecule has 2 rings (SSSR count). The minimum atomic E-state index is -0.287. The van der Waals surface area contributed by atoms with E-state index >= 15 is 0 Å². The number of nitrogens with zero attached hydrogens (tertiary/aromatic N) is 1. The summed E-state index contributed by atoms with van der Waals surface area (Å²) in [6.07, 6.45) is 0. The molecule has 1 amide bonds. The zero-order chi connectivity index (χ0) is 14.0. The van der Waals surface area contributed by atoms with E-state index in [1.54, 1.807) is 13.1 Å². The topological polar surface area (TPSA) is 40.5 Å². The summed E-state index contributed by atoms with van der Waals surface area (Å²) >= 11 is 13.1. The number of benzene rings is 1. The molecule has 0 atom stereocenters. The van der Waals surface area contributed by atoms with Crippen LogP contribution in [0.15, 0.2) is 30.3 Å². The normalized spacial score (nSPS) is 10.5. The minimum absolute atomic E-state index is 0.0783. The molecule has 2 aromatic rings. The lowest BCUT2D eigenvalue weighted by Gasteiger charge is -2.17. The van der Waals surface area contributed by atoms with Crippen molar-refractivity contribution in [1.82, 2.24) is 4.90 Å². The van der Waals surface area contributed by atoms with Crippen LogP contribution in [-0.2, 0) is 6.54 Å². The zero-order valence-electron chi connectivity index (χ0n) is 10.1. The molecule has 0 bridgehead atoms. The fourth-order valence-corrected chi connectivity index (χ4v) is 2.94. The highest BCUT2D eigenvalue weighted by Crippen LogP contribution is 2.25. The van der Waals surface area contributed by atoms with Crippen LogP contribution in [0.2, 0.25) is 9.36 Å². The SMILES string of the molecule is CN(Cc1ccc(Cl)s1)C(=O)c1cc(Cl)ccc1O. The Balaban J connectivity index is 2.16. The summed E-state index contributed by atoms with van der Waals surface area (Å²) < 4.78 is 0.682. The van der Waals surface area contributed by atoms with Crippen molar-refractivity contribution in [3.8, 4) is 5.75 Å². The molecule has 0 aliphatic carbocycles. The molecule has 0 spiro atoms. The maximum atomic E-state index is 12.2. The number of phenolic OH excluding ortho intramolecular Hbond substituents is 1. The van der Waals surface area contributed by atoms with E-state index in [0.29, 0.717) is 15.9 Å². The molecule has 100 valence electrons. The molecule has 19 heavy (non-hydrogen) atoms. The third kappa shape index (κ3) is 3.41. The Morgan fingerprint density at radius 2 is 2.05 bits per heavy atom. The van der Waals surface area contributed by atoms with E-state index < -0.39 is 0 Å².